The molecular weight excluding hydrogens is 806 g/mol. The molecule has 6 unspecified atom stereocenters. The normalized spacial score (nSPS) is 15.1. The van der Waals surface area contributed by atoms with Crippen molar-refractivity contribution in [3.63, 3.8) is 0 Å². The van der Waals surface area contributed by atoms with Gasteiger partial charge in [0.15, 0.2) is 0 Å². The Kier molecular flexibility index (Phi) is 24.7. The van der Waals surface area contributed by atoms with E-state index in [-0.39, 0.29) is 32.4 Å². The second-order valence-electron chi connectivity index (χ2n) is 14.2. The number of amides is 7. The van der Waals surface area contributed by atoms with E-state index in [1.54, 1.807) is 30.3 Å². The van der Waals surface area contributed by atoms with Crippen molar-refractivity contribution in [1.29, 1.82) is 0 Å². The van der Waals surface area contributed by atoms with Gasteiger partial charge in [-0.25, -0.2) is 10.9 Å². The Bertz CT molecular complexity index is 1640. The number of carbonyl (C=O) groups is 9. The molecule has 1 aromatic rings. The molecule has 61 heavy (non-hydrogen) atoms. The summed E-state index contributed by atoms with van der Waals surface area (Å²) in [6.07, 6.45) is -1.63. The minimum Gasteiger partial charge on any atom is -0.394 e. The summed E-state index contributed by atoms with van der Waals surface area (Å²) < 4.78 is 0. The molecule has 1 rings (SSSR count). The zero-order valence-electron chi connectivity index (χ0n) is 34.2. The van der Waals surface area contributed by atoms with Gasteiger partial charge in [-0.2, -0.15) is 0 Å². The van der Waals surface area contributed by atoms with E-state index in [1.165, 1.54) is 0 Å². The Morgan fingerprint density at radius 3 is 1.82 bits per heavy atom. The molecule has 342 valence electrons. The van der Waals surface area contributed by atoms with Gasteiger partial charge in [-0.3, -0.25) is 48.5 Å². The molecule has 8 atom stereocenters. The van der Waals surface area contributed by atoms with Crippen molar-refractivity contribution in [2.24, 2.45) is 22.9 Å². The number of nitrogens with two attached hydrogens (primary N) is 4. The first-order valence-corrected chi connectivity index (χ1v) is 19.4. The Morgan fingerprint density at radius 1 is 0.738 bits per heavy atom. The van der Waals surface area contributed by atoms with Crippen LogP contribution in [0.2, 0.25) is 0 Å². The van der Waals surface area contributed by atoms with Crippen LogP contribution < -0.4 is 55.1 Å². The summed E-state index contributed by atoms with van der Waals surface area (Å²) in [5.74, 6) is -8.12. The Morgan fingerprint density at radius 2 is 1.31 bits per heavy atom. The molecule has 0 aliphatic rings. The Hall–Kier alpha value is -5.47. The minimum atomic E-state index is -1.88. The lowest BCUT2D eigenvalue weighted by molar-refractivity contribution is -0.149. The van der Waals surface area contributed by atoms with E-state index in [1.807, 2.05) is 0 Å². The highest BCUT2D eigenvalue weighted by atomic mass is 16.3. The van der Waals surface area contributed by atoms with Gasteiger partial charge in [-0.05, 0) is 31.7 Å². The van der Waals surface area contributed by atoms with Crippen molar-refractivity contribution in [3.05, 3.63) is 35.9 Å². The molecule has 0 aliphatic carbocycles. The number of rotatable bonds is 32. The number of ketones is 2. The average Bonchev–Trinajstić information content (AvgIpc) is 3.20. The van der Waals surface area contributed by atoms with Crippen LogP contribution in [0.25, 0.3) is 0 Å². The molecule has 0 aliphatic heterocycles. The van der Waals surface area contributed by atoms with Crippen molar-refractivity contribution in [2.45, 2.75) is 101 Å². The second kappa shape index (κ2) is 28.1. The van der Waals surface area contributed by atoms with Crippen LogP contribution in [0, 0.1) is 0 Å². The van der Waals surface area contributed by atoms with Gasteiger partial charge < -0.3 is 64.2 Å². The minimum absolute atomic E-state index is 0.177. The number of benzene rings is 1. The third-order valence-corrected chi connectivity index (χ3v) is 9.14. The topological polar surface area (TPSA) is 414 Å². The van der Waals surface area contributed by atoms with Gasteiger partial charge in [0.1, 0.15) is 36.3 Å². The maximum Gasteiger partial charge on any atom is 0.242 e. The molecule has 24 nitrogen and oxygen atoms in total. The SMILES string of the molecule is CC(=O)N(CC(CC(N)=O)N[C@@H](CO)C(N)=O)C(C(=O)C(=O)[C@H](CO)NNC(CCC(=O)NCCCCNC(=O)C(Cc1ccccc1)NC(=O)C(N)CO)C(N)=O)C(C)O. The molecule has 0 saturated heterocycles. The van der Waals surface area contributed by atoms with E-state index in [9.17, 15) is 63.6 Å². The second-order valence-corrected chi connectivity index (χ2v) is 14.2. The van der Waals surface area contributed by atoms with Crippen LogP contribution in [0.5, 0.6) is 0 Å². The van der Waals surface area contributed by atoms with Crippen molar-refractivity contribution in [1.82, 2.24) is 37.0 Å². The van der Waals surface area contributed by atoms with Crippen molar-refractivity contribution < 1.29 is 63.6 Å². The summed E-state index contributed by atoms with van der Waals surface area (Å²) in [6, 6.07) is -0.735. The van der Waals surface area contributed by atoms with Gasteiger partial charge in [0, 0.05) is 51.9 Å². The predicted molar refractivity (Wildman–Crippen MR) is 215 cm³/mol. The molecule has 0 spiro atoms. The van der Waals surface area contributed by atoms with Crippen molar-refractivity contribution in [2.75, 3.05) is 39.5 Å². The van der Waals surface area contributed by atoms with Crippen LogP contribution in [0.1, 0.15) is 51.5 Å². The Balaban J connectivity index is 2.78. The zero-order valence-corrected chi connectivity index (χ0v) is 34.2. The summed E-state index contributed by atoms with van der Waals surface area (Å²) in [5.41, 5.74) is 27.1. The molecule has 24 heteroatoms. The molecule has 0 aromatic heterocycles. The molecule has 0 fully saturated rings. The van der Waals surface area contributed by atoms with Crippen LogP contribution in [-0.2, 0) is 49.6 Å². The average molecular weight is 868 g/mol. The number of unbranched alkanes of at least 4 members (excludes halogenated alkanes) is 1. The molecule has 18 N–H and O–H groups in total. The highest BCUT2D eigenvalue weighted by Crippen LogP contribution is 2.13. The molecule has 0 bridgehead atoms. The van der Waals surface area contributed by atoms with E-state index in [2.05, 4.69) is 32.1 Å². The lowest BCUT2D eigenvalue weighted by atomic mass is 9.97. The summed E-state index contributed by atoms with van der Waals surface area (Å²) in [7, 11) is 0. The highest BCUT2D eigenvalue weighted by molar-refractivity contribution is 6.41. The van der Waals surface area contributed by atoms with Gasteiger partial charge in [-0.1, -0.05) is 30.3 Å². The Labute approximate surface area is 352 Å². The molecule has 0 heterocycles. The van der Waals surface area contributed by atoms with E-state index < -0.39 is 134 Å². The lowest BCUT2D eigenvalue weighted by Gasteiger charge is -2.35. The van der Waals surface area contributed by atoms with E-state index in [4.69, 9.17) is 22.9 Å². The summed E-state index contributed by atoms with van der Waals surface area (Å²) in [4.78, 5) is 114. The fourth-order valence-electron chi connectivity index (χ4n) is 5.82. The highest BCUT2D eigenvalue weighted by Gasteiger charge is 2.40. The fourth-order valence-corrected chi connectivity index (χ4v) is 5.82. The van der Waals surface area contributed by atoms with Crippen LogP contribution in [0.4, 0.5) is 0 Å². The third-order valence-electron chi connectivity index (χ3n) is 9.14. The van der Waals surface area contributed by atoms with Crippen LogP contribution in [0.15, 0.2) is 30.3 Å². The molecular formula is C37H61N11O13. The molecule has 1 aromatic carbocycles. The predicted octanol–water partition coefficient (Wildman–Crippen LogP) is -7.45. The van der Waals surface area contributed by atoms with E-state index >= 15 is 0 Å². The van der Waals surface area contributed by atoms with Crippen molar-refractivity contribution >= 4 is 52.9 Å². The third kappa shape index (κ3) is 19.6. The maximum absolute atomic E-state index is 13.5. The van der Waals surface area contributed by atoms with E-state index in [0.29, 0.717) is 12.8 Å². The largest absolute Gasteiger partial charge is 0.394 e. The first-order valence-electron chi connectivity index (χ1n) is 19.4. The number of Topliss-reactive ketones (excluding diaryl/α,β-unsaturated/α-hetero) is 2. The number of nitrogens with zero attached hydrogens (tertiary/aromatic N) is 1. The van der Waals surface area contributed by atoms with Crippen LogP contribution in [-0.4, -0.2) is 166 Å². The number of aliphatic hydroxyl groups excluding tert-OH is 4. The number of hydrogen-bond acceptors (Lipinski definition) is 17. The number of hydrogen-bond donors (Lipinski definition) is 14. The van der Waals surface area contributed by atoms with Gasteiger partial charge in [-0.15, -0.1) is 0 Å². The van der Waals surface area contributed by atoms with Gasteiger partial charge in [0.25, 0.3) is 0 Å². The summed E-state index contributed by atoms with van der Waals surface area (Å²) >= 11 is 0. The van der Waals surface area contributed by atoms with E-state index in [0.717, 1.165) is 24.3 Å². The van der Waals surface area contributed by atoms with Gasteiger partial charge in [0.2, 0.25) is 52.9 Å². The standard InChI is InChI=1S/C37H61N11O13/c1-20(52)31(48(21(2)53)16-23(15-29(39)54)44-28(19-51)35(41)59)33(57)32(56)27(18-50)47-46-25(34(40)58)10-11-30(55)42-12-6-7-13-43-37(61)26(45-36(60)24(38)17-49)14-22-8-4-3-5-9-22/h3-5,8-9,20,23-28,31,44,46-47,49-52H,6-7,10-19,38H2,1-2H3,(H2,39,54)(H2,40,58)(H2,41,59)(H,42,55)(H,43,61)(H,45,60)/t20?,23?,24?,25?,26?,27-,28-,31?/m0/s1. The molecule has 7 amide bonds. The number of aliphatic hydroxyl groups is 4. The molecule has 0 saturated carbocycles. The van der Waals surface area contributed by atoms with Gasteiger partial charge >= 0.3 is 0 Å². The maximum atomic E-state index is 13.5. The zero-order chi connectivity index (χ0) is 46.2. The monoisotopic (exact) mass is 867 g/mol. The van der Waals surface area contributed by atoms with Gasteiger partial charge in [0.05, 0.1) is 25.9 Å². The quantitative estimate of drug-likeness (QED) is 0.0182. The fraction of sp³-hybridized carbons (Fsp3) is 0.595. The molecule has 0 radical (unpaired) electrons. The number of hydrazine groups is 1. The smallest absolute Gasteiger partial charge is 0.242 e. The first kappa shape index (κ1) is 53.5. The number of primary amides is 3. The number of carbonyl (C=O) groups excluding carboxylic acids is 9. The van der Waals surface area contributed by atoms with Crippen molar-refractivity contribution in [3.8, 4) is 0 Å². The van der Waals surface area contributed by atoms with Crippen LogP contribution >= 0.6 is 0 Å². The first-order chi connectivity index (χ1) is 28.8. The lowest BCUT2D eigenvalue weighted by Crippen LogP contribution is -2.62. The number of nitrogens with one attached hydrogen (secondary N) is 6. The summed E-state index contributed by atoms with van der Waals surface area (Å²) in [6.45, 7) is -0.521. The van der Waals surface area contributed by atoms with Crippen LogP contribution in [0.3, 0.4) is 0 Å². The summed E-state index contributed by atoms with van der Waals surface area (Å²) in [5, 5.41) is 49.7.